The summed E-state index contributed by atoms with van der Waals surface area (Å²) in [5.41, 5.74) is 1.48. The summed E-state index contributed by atoms with van der Waals surface area (Å²) in [6.45, 7) is 0. The second-order valence-electron chi connectivity index (χ2n) is 3.82. The molecule has 2 rings (SSSR count). The lowest BCUT2D eigenvalue weighted by Crippen LogP contribution is -2.09. The molecule has 104 valence electrons. The summed E-state index contributed by atoms with van der Waals surface area (Å²) in [5, 5.41) is 14.8. The molecule has 1 aliphatic rings. The van der Waals surface area contributed by atoms with Gasteiger partial charge in [0.05, 0.1) is 4.58 Å². The van der Waals surface area contributed by atoms with Crippen LogP contribution in [0.25, 0.3) is 0 Å². The van der Waals surface area contributed by atoms with Crippen molar-refractivity contribution in [2.75, 3.05) is 11.5 Å². The first-order valence-electron chi connectivity index (χ1n) is 5.83. The fourth-order valence-electron chi connectivity index (χ4n) is 1.46. The van der Waals surface area contributed by atoms with E-state index in [-0.39, 0.29) is 0 Å². The van der Waals surface area contributed by atoms with Gasteiger partial charge in [0.25, 0.3) is 0 Å². The Morgan fingerprint density at radius 2 is 1.58 bits per heavy atom. The van der Waals surface area contributed by atoms with E-state index in [9.17, 15) is 0 Å². The van der Waals surface area contributed by atoms with Crippen LogP contribution in [0.5, 0.6) is 0 Å². The van der Waals surface area contributed by atoms with Crippen molar-refractivity contribution in [2.24, 2.45) is 0 Å². The molecule has 1 fully saturated rings. The van der Waals surface area contributed by atoms with Crippen molar-refractivity contribution in [3.05, 3.63) is 35.9 Å². The smallest absolute Gasteiger partial charge is 0.414 e. The zero-order valence-corrected chi connectivity index (χ0v) is 12.0. The van der Waals surface area contributed by atoms with Crippen molar-refractivity contribution in [1.29, 1.82) is 0 Å². The molecular weight excluding hydrogens is 284 g/mol. The number of aliphatic carboxylic acids is 2. The van der Waals surface area contributed by atoms with E-state index < -0.39 is 11.9 Å². The number of carboxylic acid groups (broad SMARTS) is 2. The van der Waals surface area contributed by atoms with Gasteiger partial charge in [0, 0.05) is 0 Å². The van der Waals surface area contributed by atoms with Crippen LogP contribution in [0, 0.1) is 0 Å². The molecule has 4 nitrogen and oxygen atoms in total. The number of hydrogen-bond donors (Lipinski definition) is 2. The van der Waals surface area contributed by atoms with E-state index in [1.54, 1.807) is 0 Å². The first kappa shape index (κ1) is 15.9. The van der Waals surface area contributed by atoms with Gasteiger partial charge in [-0.05, 0) is 29.9 Å². The zero-order valence-electron chi connectivity index (χ0n) is 10.3. The van der Waals surface area contributed by atoms with Crippen LogP contribution >= 0.6 is 23.5 Å². The maximum absolute atomic E-state index is 9.10. The van der Waals surface area contributed by atoms with E-state index in [0.29, 0.717) is 0 Å². The van der Waals surface area contributed by atoms with Gasteiger partial charge in [0.1, 0.15) is 0 Å². The normalized spacial score (nSPS) is 15.2. The maximum atomic E-state index is 9.10. The molecule has 0 aromatic heterocycles. The molecule has 0 unspecified atom stereocenters. The molecule has 0 saturated carbocycles. The molecular formula is C13H16O4S2. The highest BCUT2D eigenvalue weighted by Crippen LogP contribution is 2.32. The maximum Gasteiger partial charge on any atom is 0.414 e. The van der Waals surface area contributed by atoms with Crippen molar-refractivity contribution in [3.8, 4) is 0 Å². The monoisotopic (exact) mass is 300 g/mol. The number of carbonyl (C=O) groups is 2. The van der Waals surface area contributed by atoms with E-state index in [1.807, 2.05) is 0 Å². The van der Waals surface area contributed by atoms with Gasteiger partial charge in [-0.2, -0.15) is 0 Å². The van der Waals surface area contributed by atoms with E-state index >= 15 is 0 Å². The quantitative estimate of drug-likeness (QED) is 0.818. The van der Waals surface area contributed by atoms with Crippen LogP contribution in [-0.4, -0.2) is 38.2 Å². The number of thioether (sulfide) groups is 2. The van der Waals surface area contributed by atoms with Gasteiger partial charge in [0.2, 0.25) is 0 Å². The average Bonchev–Trinajstić information content (AvgIpc) is 2.41. The van der Waals surface area contributed by atoms with Gasteiger partial charge < -0.3 is 10.2 Å². The van der Waals surface area contributed by atoms with Crippen molar-refractivity contribution < 1.29 is 19.8 Å². The number of carboxylic acids is 2. The molecule has 0 amide bonds. The lowest BCUT2D eigenvalue weighted by Gasteiger charge is -2.20. The summed E-state index contributed by atoms with van der Waals surface area (Å²) < 4.78 is 0.802. The average molecular weight is 300 g/mol. The minimum atomic E-state index is -1.82. The summed E-state index contributed by atoms with van der Waals surface area (Å²) in [5.74, 6) is -0.945. The van der Waals surface area contributed by atoms with Crippen LogP contribution in [0.4, 0.5) is 0 Å². The van der Waals surface area contributed by atoms with Crippen molar-refractivity contribution in [2.45, 2.75) is 17.4 Å². The van der Waals surface area contributed by atoms with Gasteiger partial charge in [-0.25, -0.2) is 9.59 Å². The number of hydrogen-bond acceptors (Lipinski definition) is 4. The third kappa shape index (κ3) is 7.12. The molecule has 1 aromatic rings. The Morgan fingerprint density at radius 3 is 2.05 bits per heavy atom. The van der Waals surface area contributed by atoms with E-state index in [2.05, 4.69) is 53.9 Å². The molecule has 0 radical (unpaired) electrons. The van der Waals surface area contributed by atoms with Gasteiger partial charge in [-0.15, -0.1) is 23.5 Å². The highest BCUT2D eigenvalue weighted by molar-refractivity contribution is 8.17. The number of rotatable bonds is 2. The molecule has 1 saturated heterocycles. The molecule has 6 heteroatoms. The van der Waals surface area contributed by atoms with Gasteiger partial charge in [-0.3, -0.25) is 0 Å². The Kier molecular flexibility index (Phi) is 7.43. The molecule has 0 spiro atoms. The van der Waals surface area contributed by atoms with Crippen molar-refractivity contribution in [1.82, 2.24) is 0 Å². The summed E-state index contributed by atoms with van der Waals surface area (Å²) in [7, 11) is 0. The van der Waals surface area contributed by atoms with Gasteiger partial charge in [0.15, 0.2) is 0 Å². The second kappa shape index (κ2) is 8.87. The van der Waals surface area contributed by atoms with E-state index in [1.165, 1.54) is 29.9 Å². The Hall–Kier alpha value is -1.14. The number of benzene rings is 1. The highest BCUT2D eigenvalue weighted by atomic mass is 32.2. The highest BCUT2D eigenvalue weighted by Gasteiger charge is 2.14. The van der Waals surface area contributed by atoms with Crippen LogP contribution in [0.15, 0.2) is 30.3 Å². The SMILES string of the molecule is O=C(O)C(=O)O.c1ccc(CC2SCCCS2)cc1. The first-order valence-corrected chi connectivity index (χ1v) is 7.92. The minimum absolute atomic E-state index is 0.802. The minimum Gasteiger partial charge on any atom is -0.473 e. The van der Waals surface area contributed by atoms with Crippen LogP contribution in [0.2, 0.25) is 0 Å². The van der Waals surface area contributed by atoms with E-state index in [0.717, 1.165) is 4.58 Å². The zero-order chi connectivity index (χ0) is 14.1. The molecule has 1 aliphatic heterocycles. The molecule has 0 aliphatic carbocycles. The van der Waals surface area contributed by atoms with Gasteiger partial charge in [-0.1, -0.05) is 30.3 Å². The second-order valence-corrected chi connectivity index (χ2v) is 6.74. The predicted octanol–water partition coefficient (Wildman–Crippen LogP) is 2.58. The first-order chi connectivity index (χ1) is 9.09. The lowest BCUT2D eigenvalue weighted by atomic mass is 10.2. The summed E-state index contributed by atoms with van der Waals surface area (Å²) in [4.78, 5) is 18.2. The lowest BCUT2D eigenvalue weighted by molar-refractivity contribution is -0.159. The predicted molar refractivity (Wildman–Crippen MR) is 78.7 cm³/mol. The third-order valence-corrected chi connectivity index (χ3v) is 5.27. The fourth-order valence-corrected chi connectivity index (χ4v) is 4.37. The summed E-state index contributed by atoms with van der Waals surface area (Å²) in [6.07, 6.45) is 2.62. The fraction of sp³-hybridized carbons (Fsp3) is 0.385. The molecule has 19 heavy (non-hydrogen) atoms. The molecule has 1 aromatic carbocycles. The molecule has 2 N–H and O–H groups in total. The largest absolute Gasteiger partial charge is 0.473 e. The van der Waals surface area contributed by atoms with Crippen LogP contribution in [0.3, 0.4) is 0 Å². The molecule has 0 bridgehead atoms. The summed E-state index contributed by atoms with van der Waals surface area (Å²) in [6, 6.07) is 10.8. The van der Waals surface area contributed by atoms with Crippen LogP contribution < -0.4 is 0 Å². The Bertz CT molecular complexity index is 390. The Balaban J connectivity index is 0.000000258. The van der Waals surface area contributed by atoms with Gasteiger partial charge >= 0.3 is 11.9 Å². The molecule has 1 heterocycles. The molecule has 0 atom stereocenters. The van der Waals surface area contributed by atoms with Crippen molar-refractivity contribution >= 4 is 35.5 Å². The van der Waals surface area contributed by atoms with E-state index in [4.69, 9.17) is 19.8 Å². The third-order valence-electron chi connectivity index (χ3n) is 2.32. The van der Waals surface area contributed by atoms with Crippen LogP contribution in [-0.2, 0) is 16.0 Å². The Labute approximate surface area is 120 Å². The topological polar surface area (TPSA) is 74.6 Å². The van der Waals surface area contributed by atoms with Crippen molar-refractivity contribution in [3.63, 3.8) is 0 Å². The standard InChI is InChI=1S/C11H14S2.C2H2O4/c1-2-5-10(6-3-1)9-11-12-7-4-8-13-11;3-1(4)2(5)6/h1-3,5-6,11H,4,7-9H2;(H,3,4)(H,5,6). The Morgan fingerprint density at radius 1 is 1.05 bits per heavy atom. The van der Waals surface area contributed by atoms with Crippen LogP contribution in [0.1, 0.15) is 12.0 Å². The summed E-state index contributed by atoms with van der Waals surface area (Å²) >= 11 is 4.24.